The molecule has 1 atom stereocenters. The molecule has 0 aliphatic heterocycles. The largest absolute Gasteiger partial charge is 0.573 e. The molecule has 278 valence electrons. The van der Waals surface area contributed by atoms with Crippen molar-refractivity contribution < 1.29 is 59.7 Å². The van der Waals surface area contributed by atoms with Crippen molar-refractivity contribution in [1.29, 1.82) is 0 Å². The fourth-order valence-corrected chi connectivity index (χ4v) is 4.61. The normalized spacial score (nSPS) is 12.3. The Morgan fingerprint density at radius 3 is 1.67 bits per heavy atom. The van der Waals surface area contributed by atoms with Crippen LogP contribution < -0.4 is 20.1 Å². The minimum atomic E-state index is -4.91. The molecule has 3 amide bonds. The molecule has 3 aromatic carbocycles. The molecule has 0 heterocycles. The first kappa shape index (κ1) is 40.3. The first-order valence-corrected chi connectivity index (χ1v) is 15.8. The van der Waals surface area contributed by atoms with Crippen molar-refractivity contribution in [2.75, 3.05) is 6.54 Å². The molecule has 16 heteroatoms. The molecular weight excluding hydrogens is 688 g/mol. The fraction of sp³-hybridized carbons (Fsp3) is 0.400. The Hall–Kier alpha value is -5.15. The summed E-state index contributed by atoms with van der Waals surface area (Å²) in [7, 11) is 0. The van der Waals surface area contributed by atoms with Gasteiger partial charge < -0.3 is 34.5 Å². The van der Waals surface area contributed by atoms with Crippen LogP contribution in [0.2, 0.25) is 0 Å². The van der Waals surface area contributed by atoms with Crippen LogP contribution in [0, 0.1) is 0 Å². The first-order chi connectivity index (χ1) is 23.8. The highest BCUT2D eigenvalue weighted by atomic mass is 19.4. The number of amides is 3. The van der Waals surface area contributed by atoms with E-state index in [1.165, 1.54) is 29.2 Å². The van der Waals surface area contributed by atoms with Crippen LogP contribution in [-0.4, -0.2) is 53.9 Å². The lowest BCUT2D eigenvalue weighted by atomic mass is 10.1. The summed E-state index contributed by atoms with van der Waals surface area (Å²) in [6, 6.07) is 17.5. The van der Waals surface area contributed by atoms with Crippen LogP contribution in [0.4, 0.5) is 35.9 Å². The Kier molecular flexibility index (Phi) is 14.4. The minimum Gasteiger partial charge on any atom is -0.445 e. The highest BCUT2D eigenvalue weighted by Crippen LogP contribution is 2.25. The predicted molar refractivity (Wildman–Crippen MR) is 172 cm³/mol. The van der Waals surface area contributed by atoms with Gasteiger partial charge in [-0.1, -0.05) is 54.6 Å². The number of nitrogens with zero attached hydrogens (tertiary/aromatic N) is 1. The summed E-state index contributed by atoms with van der Waals surface area (Å²) in [5, 5.41) is 5.20. The van der Waals surface area contributed by atoms with Gasteiger partial charge >= 0.3 is 24.9 Å². The molecule has 3 aromatic rings. The molecule has 0 radical (unpaired) electrons. The van der Waals surface area contributed by atoms with Crippen LogP contribution >= 0.6 is 0 Å². The molecular formula is C35H39F6N3O7. The van der Waals surface area contributed by atoms with Crippen molar-refractivity contribution in [2.24, 2.45) is 0 Å². The maximum Gasteiger partial charge on any atom is 0.573 e. The van der Waals surface area contributed by atoms with Crippen LogP contribution in [0.3, 0.4) is 0 Å². The number of nitrogens with one attached hydrogen (secondary N) is 2. The molecule has 0 aliphatic rings. The third-order valence-corrected chi connectivity index (χ3v) is 6.76. The quantitative estimate of drug-likeness (QED) is 0.120. The molecule has 0 aromatic heterocycles. The van der Waals surface area contributed by atoms with Gasteiger partial charge in [0, 0.05) is 19.6 Å². The van der Waals surface area contributed by atoms with Gasteiger partial charge in [0.1, 0.15) is 29.7 Å². The van der Waals surface area contributed by atoms with Crippen LogP contribution in [-0.2, 0) is 34.0 Å². The van der Waals surface area contributed by atoms with Crippen LogP contribution in [0.5, 0.6) is 11.5 Å². The van der Waals surface area contributed by atoms with Crippen molar-refractivity contribution in [2.45, 2.75) is 84.1 Å². The lowest BCUT2D eigenvalue weighted by Gasteiger charge is -2.29. The molecule has 0 saturated heterocycles. The zero-order valence-corrected chi connectivity index (χ0v) is 28.1. The third kappa shape index (κ3) is 16.4. The molecule has 0 bridgehead atoms. The highest BCUT2D eigenvalue weighted by molar-refractivity contribution is 5.85. The number of rotatable bonds is 15. The average Bonchev–Trinajstić information content (AvgIpc) is 3.02. The molecule has 0 fully saturated rings. The number of ether oxygens (including phenoxy) is 4. The van der Waals surface area contributed by atoms with Gasteiger partial charge in [-0.25, -0.2) is 9.59 Å². The van der Waals surface area contributed by atoms with Gasteiger partial charge in [0.25, 0.3) is 0 Å². The van der Waals surface area contributed by atoms with E-state index in [1.807, 2.05) is 18.2 Å². The van der Waals surface area contributed by atoms with Crippen molar-refractivity contribution in [3.05, 3.63) is 95.6 Å². The number of alkyl carbamates (subject to hydrolysis) is 2. The summed E-state index contributed by atoms with van der Waals surface area (Å²) in [5.74, 6) is -1.57. The predicted octanol–water partition coefficient (Wildman–Crippen LogP) is 8.00. The lowest BCUT2D eigenvalue weighted by Crippen LogP contribution is -2.49. The van der Waals surface area contributed by atoms with E-state index in [0.29, 0.717) is 24.0 Å². The van der Waals surface area contributed by atoms with E-state index < -0.39 is 54.0 Å². The monoisotopic (exact) mass is 727 g/mol. The number of alkyl halides is 6. The summed E-state index contributed by atoms with van der Waals surface area (Å²) in [6.07, 6.45) is -10.5. The summed E-state index contributed by atoms with van der Waals surface area (Å²) in [4.78, 5) is 40.3. The van der Waals surface area contributed by atoms with Crippen molar-refractivity contribution in [3.63, 3.8) is 0 Å². The number of carbonyl (C=O) groups excluding carboxylic acids is 3. The lowest BCUT2D eigenvalue weighted by molar-refractivity contribution is -0.275. The Labute approximate surface area is 291 Å². The summed E-state index contributed by atoms with van der Waals surface area (Å²) >= 11 is 0. The second-order valence-electron chi connectivity index (χ2n) is 12.3. The van der Waals surface area contributed by atoms with E-state index in [0.717, 1.165) is 29.8 Å². The van der Waals surface area contributed by atoms with Gasteiger partial charge in [-0.3, -0.25) is 4.79 Å². The Bertz CT molecular complexity index is 1480. The van der Waals surface area contributed by atoms with Gasteiger partial charge in [-0.05, 0) is 81.0 Å². The number of hydrogen-bond donors (Lipinski definition) is 2. The van der Waals surface area contributed by atoms with Gasteiger partial charge in [0.05, 0.1) is 0 Å². The SMILES string of the molecule is CC(C)(C)OC(=O)NC(CCCCNC(=O)OCc1ccccc1)C(=O)N(Cc1ccc(OC(F)(F)F)cc1)Cc1ccc(OC(F)(F)F)cc1. The summed E-state index contributed by atoms with van der Waals surface area (Å²) in [6.45, 7) is 4.86. The van der Waals surface area contributed by atoms with E-state index in [4.69, 9.17) is 9.47 Å². The zero-order valence-electron chi connectivity index (χ0n) is 28.1. The van der Waals surface area contributed by atoms with Crippen LogP contribution in [0.1, 0.15) is 56.7 Å². The van der Waals surface area contributed by atoms with Crippen LogP contribution in [0.15, 0.2) is 78.9 Å². The van der Waals surface area contributed by atoms with E-state index >= 15 is 0 Å². The molecule has 1 unspecified atom stereocenters. The van der Waals surface area contributed by atoms with E-state index in [-0.39, 0.29) is 32.7 Å². The highest BCUT2D eigenvalue weighted by Gasteiger charge is 2.32. The number of unbranched alkanes of at least 4 members (excludes halogenated alkanes) is 1. The standard InChI is InChI=1S/C35H39F6N3O7/c1-33(2,3)51-32(47)43-29(11-7-8-20-42-31(46)48-23-26-9-5-4-6-10-26)30(45)44(21-24-12-16-27(17-13-24)49-34(36,37)38)22-25-14-18-28(19-15-25)50-35(39,40)41/h4-6,9-10,12-19,29H,7-8,11,20-23H2,1-3H3,(H,42,46)(H,43,47). The van der Waals surface area contributed by atoms with E-state index in [2.05, 4.69) is 20.1 Å². The minimum absolute atomic E-state index is 0.0784. The maximum atomic E-state index is 14.1. The number of halogens is 6. The average molecular weight is 728 g/mol. The van der Waals surface area contributed by atoms with Crippen molar-refractivity contribution >= 4 is 18.1 Å². The van der Waals surface area contributed by atoms with Gasteiger partial charge in [0.2, 0.25) is 5.91 Å². The molecule has 0 saturated carbocycles. The Morgan fingerprint density at radius 1 is 0.686 bits per heavy atom. The molecule has 0 aliphatic carbocycles. The van der Waals surface area contributed by atoms with Crippen LogP contribution in [0.25, 0.3) is 0 Å². The molecule has 51 heavy (non-hydrogen) atoms. The molecule has 0 spiro atoms. The second kappa shape index (κ2) is 18.2. The Morgan fingerprint density at radius 2 is 1.20 bits per heavy atom. The maximum absolute atomic E-state index is 14.1. The fourth-order valence-electron chi connectivity index (χ4n) is 4.61. The van der Waals surface area contributed by atoms with Gasteiger partial charge in [0.15, 0.2) is 0 Å². The molecule has 2 N–H and O–H groups in total. The number of hydrogen-bond acceptors (Lipinski definition) is 7. The molecule has 10 nitrogen and oxygen atoms in total. The third-order valence-electron chi connectivity index (χ3n) is 6.76. The second-order valence-corrected chi connectivity index (χ2v) is 12.3. The van der Waals surface area contributed by atoms with Crippen molar-refractivity contribution in [1.82, 2.24) is 15.5 Å². The van der Waals surface area contributed by atoms with E-state index in [9.17, 15) is 40.7 Å². The smallest absolute Gasteiger partial charge is 0.445 e. The first-order valence-electron chi connectivity index (χ1n) is 15.8. The van der Waals surface area contributed by atoms with Crippen molar-refractivity contribution in [3.8, 4) is 11.5 Å². The number of benzene rings is 3. The summed E-state index contributed by atoms with van der Waals surface area (Å²) < 4.78 is 94.5. The Balaban J connectivity index is 1.75. The van der Waals surface area contributed by atoms with E-state index in [1.54, 1.807) is 32.9 Å². The zero-order chi connectivity index (χ0) is 37.7. The number of carbonyl (C=O) groups is 3. The molecule has 3 rings (SSSR count). The summed E-state index contributed by atoms with van der Waals surface area (Å²) in [5.41, 5.74) is 0.693. The van der Waals surface area contributed by atoms with Gasteiger partial charge in [-0.15, -0.1) is 26.3 Å². The topological polar surface area (TPSA) is 115 Å². The van der Waals surface area contributed by atoms with Gasteiger partial charge in [-0.2, -0.15) is 0 Å².